The van der Waals surface area contributed by atoms with Gasteiger partial charge in [-0.25, -0.2) is 0 Å². The van der Waals surface area contributed by atoms with Crippen molar-refractivity contribution in [3.8, 4) is 0 Å². The molecule has 2 aliphatic rings. The zero-order valence-electron chi connectivity index (χ0n) is 11.2. The van der Waals surface area contributed by atoms with Crippen molar-refractivity contribution >= 4 is 29.2 Å². The molecule has 5 heteroatoms. The Morgan fingerprint density at radius 3 is 2.80 bits per heavy atom. The van der Waals surface area contributed by atoms with E-state index in [2.05, 4.69) is 5.32 Å². The average Bonchev–Trinajstić information content (AvgIpc) is 2.82. The molecule has 2 fully saturated rings. The van der Waals surface area contributed by atoms with E-state index in [1.54, 1.807) is 6.07 Å². The number of esters is 1. The Morgan fingerprint density at radius 1 is 1.30 bits per heavy atom. The van der Waals surface area contributed by atoms with Gasteiger partial charge in [0.1, 0.15) is 0 Å². The van der Waals surface area contributed by atoms with Gasteiger partial charge in [-0.2, -0.15) is 0 Å². The first-order valence-corrected chi connectivity index (χ1v) is 7.64. The first-order chi connectivity index (χ1) is 9.60. The number of hydrogen-bond donors (Lipinski definition) is 1. The fourth-order valence-corrected chi connectivity index (χ4v) is 3.91. The average molecular weight is 314 g/mol. The van der Waals surface area contributed by atoms with Gasteiger partial charge in [0, 0.05) is 18.0 Å². The molecule has 3 nitrogen and oxygen atoms in total. The molecule has 20 heavy (non-hydrogen) atoms. The number of rotatable bonds is 2. The highest BCUT2D eigenvalue weighted by atomic mass is 35.5. The molecular weight excluding hydrogens is 297 g/mol. The maximum absolute atomic E-state index is 12.2. The second kappa shape index (κ2) is 5.55. The molecule has 2 bridgehead atoms. The molecule has 0 spiro atoms. The SMILES string of the molecule is COC(=O)[C@@H]1[C@H]2CCC(C[C@H]1c1ccc(Cl)c(Cl)c1)N2. The summed E-state index contributed by atoms with van der Waals surface area (Å²) in [5.74, 6) is -0.133. The summed E-state index contributed by atoms with van der Waals surface area (Å²) in [6.45, 7) is 0. The van der Waals surface area contributed by atoms with Crippen molar-refractivity contribution in [2.24, 2.45) is 5.92 Å². The molecular formula is C15H17Cl2NO2. The number of nitrogens with one attached hydrogen (secondary N) is 1. The summed E-state index contributed by atoms with van der Waals surface area (Å²) in [5, 5.41) is 4.61. The number of halogens is 2. The number of carbonyl (C=O) groups is 1. The lowest BCUT2D eigenvalue weighted by Gasteiger charge is -2.36. The predicted octanol–water partition coefficient (Wildman–Crippen LogP) is 3.39. The van der Waals surface area contributed by atoms with E-state index >= 15 is 0 Å². The highest BCUT2D eigenvalue weighted by Crippen LogP contribution is 2.43. The molecule has 0 aliphatic carbocycles. The second-order valence-electron chi connectivity index (χ2n) is 5.61. The zero-order chi connectivity index (χ0) is 14.3. The largest absolute Gasteiger partial charge is 0.469 e. The van der Waals surface area contributed by atoms with Crippen molar-refractivity contribution in [2.45, 2.75) is 37.3 Å². The summed E-state index contributed by atoms with van der Waals surface area (Å²) in [4.78, 5) is 12.2. The Labute approximate surface area is 128 Å². The van der Waals surface area contributed by atoms with Gasteiger partial charge >= 0.3 is 5.97 Å². The van der Waals surface area contributed by atoms with Crippen LogP contribution in [0, 0.1) is 5.92 Å². The maximum Gasteiger partial charge on any atom is 0.310 e. The third-order valence-corrected chi connectivity index (χ3v) is 5.27. The van der Waals surface area contributed by atoms with Gasteiger partial charge in [-0.15, -0.1) is 0 Å². The van der Waals surface area contributed by atoms with Gasteiger partial charge in [0.05, 0.1) is 23.1 Å². The Kier molecular flexibility index (Phi) is 3.93. The maximum atomic E-state index is 12.2. The zero-order valence-corrected chi connectivity index (χ0v) is 12.7. The summed E-state index contributed by atoms with van der Waals surface area (Å²) in [7, 11) is 1.45. The van der Waals surface area contributed by atoms with Crippen LogP contribution in [0.1, 0.15) is 30.7 Å². The topological polar surface area (TPSA) is 38.3 Å². The summed E-state index contributed by atoms with van der Waals surface area (Å²) in [6, 6.07) is 6.35. The van der Waals surface area contributed by atoms with E-state index in [1.807, 2.05) is 12.1 Å². The molecule has 2 saturated heterocycles. The van der Waals surface area contributed by atoms with E-state index in [4.69, 9.17) is 27.9 Å². The number of hydrogen-bond acceptors (Lipinski definition) is 3. The van der Waals surface area contributed by atoms with Crippen LogP contribution in [-0.4, -0.2) is 25.2 Å². The van der Waals surface area contributed by atoms with Crippen LogP contribution >= 0.6 is 23.2 Å². The van der Waals surface area contributed by atoms with E-state index in [-0.39, 0.29) is 23.8 Å². The lowest BCUT2D eigenvalue weighted by atomic mass is 9.77. The molecule has 1 aromatic rings. The molecule has 4 atom stereocenters. The van der Waals surface area contributed by atoms with E-state index in [0.717, 1.165) is 24.8 Å². The summed E-state index contributed by atoms with van der Waals surface area (Å²) >= 11 is 12.1. The summed E-state index contributed by atoms with van der Waals surface area (Å²) < 4.78 is 5.01. The Morgan fingerprint density at radius 2 is 2.10 bits per heavy atom. The minimum Gasteiger partial charge on any atom is -0.469 e. The molecule has 0 aromatic heterocycles. The Balaban J connectivity index is 1.96. The lowest BCUT2D eigenvalue weighted by molar-refractivity contribution is -0.148. The fourth-order valence-electron chi connectivity index (χ4n) is 3.60. The summed E-state index contributed by atoms with van der Waals surface area (Å²) in [5.41, 5.74) is 1.08. The van der Waals surface area contributed by atoms with E-state index < -0.39 is 0 Å². The number of methoxy groups -OCH3 is 1. The molecule has 0 radical (unpaired) electrons. The number of carbonyl (C=O) groups excluding carboxylic acids is 1. The van der Waals surface area contributed by atoms with Crippen molar-refractivity contribution in [3.63, 3.8) is 0 Å². The molecule has 1 aromatic carbocycles. The highest BCUT2D eigenvalue weighted by molar-refractivity contribution is 6.42. The van der Waals surface area contributed by atoms with Crippen LogP contribution in [0.25, 0.3) is 0 Å². The number of piperidine rings is 1. The molecule has 0 saturated carbocycles. The predicted molar refractivity (Wildman–Crippen MR) is 79.3 cm³/mol. The van der Waals surface area contributed by atoms with Crippen molar-refractivity contribution in [2.75, 3.05) is 7.11 Å². The van der Waals surface area contributed by atoms with Crippen LogP contribution in [0.2, 0.25) is 10.0 Å². The quantitative estimate of drug-likeness (QED) is 0.851. The van der Waals surface area contributed by atoms with Gasteiger partial charge in [0.25, 0.3) is 0 Å². The number of fused-ring (bicyclic) bond motifs is 2. The van der Waals surface area contributed by atoms with E-state index in [0.29, 0.717) is 16.1 Å². The van der Waals surface area contributed by atoms with Gasteiger partial charge in [-0.3, -0.25) is 4.79 Å². The third kappa shape index (κ3) is 2.43. The highest BCUT2D eigenvalue weighted by Gasteiger charge is 2.46. The Bertz CT molecular complexity index is 535. The van der Waals surface area contributed by atoms with Gasteiger partial charge in [0.2, 0.25) is 0 Å². The standard InChI is InChI=1S/C15H17Cl2NO2/c1-20-15(19)14-10(7-9-3-5-13(14)18-9)8-2-4-11(16)12(17)6-8/h2,4,6,9-10,13-14,18H,3,5,7H2,1H3/t9?,10-,13+,14-/m0/s1. The Hall–Kier alpha value is -0.770. The van der Waals surface area contributed by atoms with Gasteiger partial charge in [-0.05, 0) is 37.0 Å². The fraction of sp³-hybridized carbons (Fsp3) is 0.533. The molecule has 3 rings (SSSR count). The van der Waals surface area contributed by atoms with E-state index in [1.165, 1.54) is 7.11 Å². The normalized spacial score (nSPS) is 32.1. The second-order valence-corrected chi connectivity index (χ2v) is 6.43. The number of benzene rings is 1. The van der Waals surface area contributed by atoms with E-state index in [9.17, 15) is 4.79 Å². The van der Waals surface area contributed by atoms with Crippen LogP contribution in [0.3, 0.4) is 0 Å². The minimum absolute atomic E-state index is 0.140. The van der Waals surface area contributed by atoms with Crippen molar-refractivity contribution < 1.29 is 9.53 Å². The van der Waals surface area contributed by atoms with Gasteiger partial charge in [0.15, 0.2) is 0 Å². The number of ether oxygens (including phenoxy) is 1. The molecule has 1 unspecified atom stereocenters. The monoisotopic (exact) mass is 313 g/mol. The molecule has 108 valence electrons. The minimum atomic E-state index is -0.143. The van der Waals surface area contributed by atoms with Crippen LogP contribution in [0.4, 0.5) is 0 Å². The van der Waals surface area contributed by atoms with Crippen molar-refractivity contribution in [3.05, 3.63) is 33.8 Å². The van der Waals surface area contributed by atoms with Crippen molar-refractivity contribution in [1.29, 1.82) is 0 Å². The van der Waals surface area contributed by atoms with Crippen LogP contribution in [0.5, 0.6) is 0 Å². The van der Waals surface area contributed by atoms with Crippen LogP contribution < -0.4 is 5.32 Å². The summed E-state index contributed by atoms with van der Waals surface area (Å²) in [6.07, 6.45) is 3.09. The van der Waals surface area contributed by atoms with Crippen LogP contribution in [-0.2, 0) is 9.53 Å². The molecule has 0 amide bonds. The van der Waals surface area contributed by atoms with Gasteiger partial charge in [-0.1, -0.05) is 29.3 Å². The van der Waals surface area contributed by atoms with Crippen molar-refractivity contribution in [1.82, 2.24) is 5.32 Å². The van der Waals surface area contributed by atoms with Crippen LogP contribution in [0.15, 0.2) is 18.2 Å². The third-order valence-electron chi connectivity index (χ3n) is 4.53. The first kappa shape index (κ1) is 14.2. The van der Waals surface area contributed by atoms with Gasteiger partial charge < -0.3 is 10.1 Å². The first-order valence-electron chi connectivity index (χ1n) is 6.89. The molecule has 1 N–H and O–H groups in total. The smallest absolute Gasteiger partial charge is 0.310 e. The molecule has 2 heterocycles. The lowest BCUT2D eigenvalue weighted by Crippen LogP contribution is -2.48. The molecule has 2 aliphatic heterocycles.